The first-order chi connectivity index (χ1) is 13.4. The van der Waals surface area contributed by atoms with E-state index in [4.69, 9.17) is 10.5 Å². The molecule has 2 aromatic carbocycles. The molecule has 0 radical (unpaired) electrons. The second-order valence-electron chi connectivity index (χ2n) is 7.20. The van der Waals surface area contributed by atoms with Gasteiger partial charge < -0.3 is 26.0 Å². The molecule has 0 saturated heterocycles. The molecule has 0 amide bonds. The molecule has 0 saturated carbocycles. The number of aryl methyl sites for hydroxylation is 1. The monoisotopic (exact) mass is 392 g/mol. The Hall–Kier alpha value is -2.06. The van der Waals surface area contributed by atoms with E-state index in [-0.39, 0.29) is 19.6 Å². The van der Waals surface area contributed by atoms with Crippen LogP contribution in [0.3, 0.4) is 0 Å². The standard InChI is InChI=1S/C21H26F2N2O3/c1-2-12-3-4-20-16(7-12)21(19(27)11-28-20)25-10-18(26)17(24)8-13-5-14(22)9-15(23)6-13/h3-7,9,17-19,21,25-27H,2,8,10-11,24H2,1H3/t17-,18+,19+,21-/m0/s1. The number of benzene rings is 2. The summed E-state index contributed by atoms with van der Waals surface area (Å²) in [6.07, 6.45) is -0.738. The van der Waals surface area contributed by atoms with Gasteiger partial charge in [0.25, 0.3) is 0 Å². The number of rotatable bonds is 7. The van der Waals surface area contributed by atoms with E-state index in [2.05, 4.69) is 5.32 Å². The third kappa shape index (κ3) is 4.86. The summed E-state index contributed by atoms with van der Waals surface area (Å²) < 4.78 is 32.2. The highest BCUT2D eigenvalue weighted by Gasteiger charge is 2.30. The van der Waals surface area contributed by atoms with Gasteiger partial charge in [-0.3, -0.25) is 0 Å². The van der Waals surface area contributed by atoms with Crippen molar-refractivity contribution in [3.8, 4) is 5.75 Å². The molecule has 5 N–H and O–H groups in total. The van der Waals surface area contributed by atoms with Gasteiger partial charge in [-0.05, 0) is 42.2 Å². The van der Waals surface area contributed by atoms with Crippen LogP contribution in [0.4, 0.5) is 8.78 Å². The Labute approximate surface area is 163 Å². The zero-order valence-electron chi connectivity index (χ0n) is 15.7. The molecule has 1 aliphatic heterocycles. The number of nitrogens with two attached hydrogens (primary N) is 1. The summed E-state index contributed by atoms with van der Waals surface area (Å²) in [4.78, 5) is 0. The van der Waals surface area contributed by atoms with Crippen LogP contribution in [0.2, 0.25) is 0 Å². The zero-order chi connectivity index (χ0) is 20.3. The van der Waals surface area contributed by atoms with Gasteiger partial charge in [0.15, 0.2) is 0 Å². The number of hydrogen-bond acceptors (Lipinski definition) is 5. The summed E-state index contributed by atoms with van der Waals surface area (Å²) in [5.74, 6) is -0.652. The minimum atomic E-state index is -0.959. The molecule has 5 nitrogen and oxygen atoms in total. The molecule has 4 atom stereocenters. The van der Waals surface area contributed by atoms with Crippen LogP contribution in [0.25, 0.3) is 0 Å². The van der Waals surface area contributed by atoms with Gasteiger partial charge in [-0.15, -0.1) is 0 Å². The van der Waals surface area contributed by atoms with Gasteiger partial charge in [0.1, 0.15) is 30.1 Å². The van der Waals surface area contributed by atoms with Crippen LogP contribution in [0.5, 0.6) is 5.75 Å². The van der Waals surface area contributed by atoms with E-state index < -0.39 is 35.9 Å². The first kappa shape index (κ1) is 20.7. The maximum Gasteiger partial charge on any atom is 0.126 e. The highest BCUT2D eigenvalue weighted by molar-refractivity contribution is 5.41. The van der Waals surface area contributed by atoms with Crippen LogP contribution < -0.4 is 15.8 Å². The fraction of sp³-hybridized carbons (Fsp3) is 0.429. The molecular weight excluding hydrogens is 366 g/mol. The van der Waals surface area contributed by atoms with Gasteiger partial charge in [0, 0.05) is 24.2 Å². The van der Waals surface area contributed by atoms with Crippen molar-refractivity contribution in [1.29, 1.82) is 0 Å². The van der Waals surface area contributed by atoms with E-state index in [1.54, 1.807) is 0 Å². The van der Waals surface area contributed by atoms with Gasteiger partial charge in [-0.1, -0.05) is 19.1 Å². The highest BCUT2D eigenvalue weighted by Crippen LogP contribution is 2.33. The van der Waals surface area contributed by atoms with Crippen LogP contribution in [0.1, 0.15) is 29.7 Å². The van der Waals surface area contributed by atoms with Crippen molar-refractivity contribution >= 4 is 0 Å². The van der Waals surface area contributed by atoms with Crippen LogP contribution in [0.15, 0.2) is 36.4 Å². The first-order valence-electron chi connectivity index (χ1n) is 9.43. The fourth-order valence-corrected chi connectivity index (χ4v) is 3.45. The van der Waals surface area contributed by atoms with Crippen LogP contribution >= 0.6 is 0 Å². The number of hydrogen-bond donors (Lipinski definition) is 4. The second kappa shape index (κ2) is 8.96. The molecule has 0 spiro atoms. The minimum Gasteiger partial charge on any atom is -0.490 e. The Balaban J connectivity index is 1.64. The van der Waals surface area contributed by atoms with Gasteiger partial charge in [0.2, 0.25) is 0 Å². The Morgan fingerprint density at radius 3 is 2.57 bits per heavy atom. The molecule has 3 rings (SSSR count). The Morgan fingerprint density at radius 2 is 1.89 bits per heavy atom. The summed E-state index contributed by atoms with van der Waals surface area (Å²) >= 11 is 0. The van der Waals surface area contributed by atoms with Crippen molar-refractivity contribution in [2.45, 2.75) is 44.1 Å². The zero-order valence-corrected chi connectivity index (χ0v) is 15.7. The lowest BCUT2D eigenvalue weighted by atomic mass is 9.95. The van der Waals surface area contributed by atoms with E-state index in [0.717, 1.165) is 23.6 Å². The van der Waals surface area contributed by atoms with Crippen LogP contribution in [0, 0.1) is 11.6 Å². The first-order valence-corrected chi connectivity index (χ1v) is 9.43. The smallest absolute Gasteiger partial charge is 0.126 e. The molecule has 1 aliphatic rings. The summed E-state index contributed by atoms with van der Waals surface area (Å²) in [6.45, 7) is 2.32. The molecular formula is C21H26F2N2O3. The van der Waals surface area contributed by atoms with E-state index >= 15 is 0 Å². The van der Waals surface area contributed by atoms with Crippen LogP contribution in [-0.2, 0) is 12.8 Å². The molecule has 0 aromatic heterocycles. The second-order valence-corrected chi connectivity index (χ2v) is 7.20. The molecule has 1 heterocycles. The van der Waals surface area contributed by atoms with Crippen molar-refractivity contribution < 1.29 is 23.7 Å². The van der Waals surface area contributed by atoms with Gasteiger partial charge >= 0.3 is 0 Å². The Morgan fingerprint density at radius 1 is 1.18 bits per heavy atom. The van der Waals surface area contributed by atoms with Crippen molar-refractivity contribution in [2.75, 3.05) is 13.2 Å². The van der Waals surface area contributed by atoms with Gasteiger partial charge in [0.05, 0.1) is 12.1 Å². The number of fused-ring (bicyclic) bond motifs is 1. The van der Waals surface area contributed by atoms with Crippen molar-refractivity contribution in [3.05, 3.63) is 64.7 Å². The molecule has 0 bridgehead atoms. The molecule has 2 aromatic rings. The third-order valence-corrected chi connectivity index (χ3v) is 5.05. The number of aliphatic hydroxyl groups is 2. The quantitative estimate of drug-likeness (QED) is 0.578. The predicted molar refractivity (Wildman–Crippen MR) is 102 cm³/mol. The highest BCUT2D eigenvalue weighted by atomic mass is 19.1. The largest absolute Gasteiger partial charge is 0.490 e. The fourth-order valence-electron chi connectivity index (χ4n) is 3.45. The Bertz CT molecular complexity index is 798. The molecule has 152 valence electrons. The number of aliphatic hydroxyl groups excluding tert-OH is 2. The summed E-state index contributed by atoms with van der Waals surface area (Å²) in [5.41, 5.74) is 8.36. The summed E-state index contributed by atoms with van der Waals surface area (Å²) in [6, 6.07) is 7.93. The Kier molecular flexibility index (Phi) is 6.61. The topological polar surface area (TPSA) is 87.7 Å². The van der Waals surface area contributed by atoms with Crippen LogP contribution in [-0.4, -0.2) is 41.6 Å². The van der Waals surface area contributed by atoms with E-state index in [1.165, 1.54) is 12.1 Å². The lowest BCUT2D eigenvalue weighted by Crippen LogP contribution is -2.47. The minimum absolute atomic E-state index is 0.122. The summed E-state index contributed by atoms with van der Waals surface area (Å²) in [5, 5.41) is 23.9. The molecule has 0 fully saturated rings. The van der Waals surface area contributed by atoms with Crippen molar-refractivity contribution in [3.63, 3.8) is 0 Å². The normalized spacial score (nSPS) is 20.9. The summed E-state index contributed by atoms with van der Waals surface area (Å²) in [7, 11) is 0. The molecule has 0 aliphatic carbocycles. The van der Waals surface area contributed by atoms with E-state index in [9.17, 15) is 19.0 Å². The van der Waals surface area contributed by atoms with Crippen molar-refractivity contribution in [1.82, 2.24) is 5.32 Å². The predicted octanol–water partition coefficient (Wildman–Crippen LogP) is 1.84. The lowest BCUT2D eigenvalue weighted by molar-refractivity contribution is 0.0468. The van der Waals surface area contributed by atoms with Crippen molar-refractivity contribution in [2.24, 2.45) is 5.73 Å². The average Bonchev–Trinajstić information content (AvgIpc) is 2.65. The average molecular weight is 392 g/mol. The molecule has 28 heavy (non-hydrogen) atoms. The molecule has 0 unspecified atom stereocenters. The maximum absolute atomic E-state index is 13.3. The number of ether oxygens (including phenoxy) is 1. The molecule has 7 heteroatoms. The van der Waals surface area contributed by atoms with E-state index in [1.807, 2.05) is 25.1 Å². The van der Waals surface area contributed by atoms with Gasteiger partial charge in [-0.25, -0.2) is 8.78 Å². The maximum atomic E-state index is 13.3. The third-order valence-electron chi connectivity index (χ3n) is 5.05. The SMILES string of the molecule is CCc1ccc2c(c1)[C@H](NC[C@@H](O)[C@@H](N)Cc1cc(F)cc(F)c1)[C@H](O)CO2. The lowest BCUT2D eigenvalue weighted by Gasteiger charge is -2.33. The number of halogens is 2. The van der Waals surface area contributed by atoms with Gasteiger partial charge in [-0.2, -0.15) is 0 Å². The van der Waals surface area contributed by atoms with E-state index in [0.29, 0.717) is 11.3 Å². The number of nitrogens with one attached hydrogen (secondary N) is 1.